The largest absolute Gasteiger partial charge is 0.444 e. The number of hydrogen-bond donors (Lipinski definition) is 1. The van der Waals surface area contributed by atoms with E-state index >= 15 is 0 Å². The fourth-order valence-electron chi connectivity index (χ4n) is 1.90. The molecule has 1 aromatic carbocycles. The fraction of sp³-hybridized carbons (Fsp3) is 0.333. The Hall–Kier alpha value is -1.82. The molecule has 0 aliphatic carbocycles. The van der Waals surface area contributed by atoms with Crippen LogP contribution in [-0.4, -0.2) is 21.5 Å². The second-order valence-electron chi connectivity index (χ2n) is 5.67. The Morgan fingerprint density at radius 3 is 2.67 bits per heavy atom. The highest BCUT2D eigenvalue weighted by atomic mass is 79.9. The molecule has 0 aliphatic heterocycles. The zero-order chi connectivity index (χ0) is 15.6. The number of hydrogen-bond acceptors (Lipinski definition) is 3. The lowest BCUT2D eigenvalue weighted by atomic mass is 10.1. The van der Waals surface area contributed by atoms with Gasteiger partial charge in [0.25, 0.3) is 0 Å². The first-order valence-electron chi connectivity index (χ1n) is 6.54. The van der Waals surface area contributed by atoms with E-state index in [0.29, 0.717) is 5.69 Å². The monoisotopic (exact) mass is 351 g/mol. The molecule has 1 aromatic heterocycles. The molecule has 2 rings (SSSR count). The van der Waals surface area contributed by atoms with E-state index in [0.717, 1.165) is 15.7 Å². The topological polar surface area (TPSA) is 56.2 Å². The Morgan fingerprint density at radius 2 is 2.10 bits per heavy atom. The lowest BCUT2D eigenvalue weighted by Gasteiger charge is -2.19. The molecule has 0 unspecified atom stereocenters. The Balaban J connectivity index is 2.21. The summed E-state index contributed by atoms with van der Waals surface area (Å²) in [5.74, 6) is 0. The first-order valence-corrected chi connectivity index (χ1v) is 7.33. The summed E-state index contributed by atoms with van der Waals surface area (Å²) in [6, 6.07) is 7.53. The molecule has 0 spiro atoms. The first kappa shape index (κ1) is 15.6. The average Bonchev–Trinajstić information content (AvgIpc) is 2.66. The fourth-order valence-corrected chi connectivity index (χ4v) is 2.48. The van der Waals surface area contributed by atoms with Crippen molar-refractivity contribution in [2.75, 3.05) is 5.32 Å². The van der Waals surface area contributed by atoms with E-state index in [1.807, 2.05) is 52.1 Å². The van der Waals surface area contributed by atoms with Crippen molar-refractivity contribution in [3.8, 4) is 11.3 Å². The van der Waals surface area contributed by atoms with Crippen LogP contribution in [0.4, 0.5) is 10.5 Å². The maximum Gasteiger partial charge on any atom is 0.412 e. The molecule has 2 aromatic rings. The van der Waals surface area contributed by atoms with Gasteiger partial charge >= 0.3 is 6.09 Å². The van der Waals surface area contributed by atoms with Gasteiger partial charge in [0.15, 0.2) is 0 Å². The predicted molar refractivity (Wildman–Crippen MR) is 86.2 cm³/mol. The van der Waals surface area contributed by atoms with E-state index in [-0.39, 0.29) is 0 Å². The molecule has 1 amide bonds. The van der Waals surface area contributed by atoms with Gasteiger partial charge in [0.05, 0.1) is 16.4 Å². The number of nitrogens with zero attached hydrogens (tertiary/aromatic N) is 2. The molecule has 21 heavy (non-hydrogen) atoms. The molecule has 0 aliphatic rings. The van der Waals surface area contributed by atoms with Crippen molar-refractivity contribution in [1.82, 2.24) is 9.78 Å². The second-order valence-corrected chi connectivity index (χ2v) is 6.53. The van der Waals surface area contributed by atoms with Crippen LogP contribution in [0.3, 0.4) is 0 Å². The van der Waals surface area contributed by atoms with E-state index in [2.05, 4.69) is 26.3 Å². The van der Waals surface area contributed by atoms with Crippen LogP contribution in [-0.2, 0) is 11.8 Å². The lowest BCUT2D eigenvalue weighted by Crippen LogP contribution is -2.27. The number of nitrogens with one attached hydrogen (secondary N) is 1. The summed E-state index contributed by atoms with van der Waals surface area (Å²) in [6.07, 6.45) is 1.27. The van der Waals surface area contributed by atoms with Crippen LogP contribution in [0.25, 0.3) is 11.3 Å². The molecule has 5 nitrogen and oxygen atoms in total. The van der Waals surface area contributed by atoms with Crippen LogP contribution in [0.15, 0.2) is 34.9 Å². The van der Waals surface area contributed by atoms with Gasteiger partial charge in [-0.1, -0.05) is 12.1 Å². The molecule has 0 fully saturated rings. The summed E-state index contributed by atoms with van der Waals surface area (Å²) >= 11 is 3.47. The molecule has 0 atom stereocenters. The number of amides is 1. The van der Waals surface area contributed by atoms with Crippen LogP contribution < -0.4 is 5.32 Å². The van der Waals surface area contributed by atoms with Crippen LogP contribution in [0.5, 0.6) is 0 Å². The summed E-state index contributed by atoms with van der Waals surface area (Å²) in [4.78, 5) is 11.8. The van der Waals surface area contributed by atoms with Crippen LogP contribution >= 0.6 is 15.9 Å². The number of rotatable bonds is 2. The number of aromatic nitrogens is 2. The minimum absolute atomic E-state index is 0.469. The van der Waals surface area contributed by atoms with Crippen molar-refractivity contribution in [3.05, 3.63) is 34.9 Å². The SMILES string of the molecule is Cn1ncc(Br)c1-c1cccc(NC(=O)OC(C)(C)C)c1. The molecular weight excluding hydrogens is 334 g/mol. The molecule has 1 N–H and O–H groups in total. The van der Waals surface area contributed by atoms with E-state index in [9.17, 15) is 4.79 Å². The quantitative estimate of drug-likeness (QED) is 0.881. The summed E-state index contributed by atoms with van der Waals surface area (Å²) in [5.41, 5.74) is 2.06. The molecule has 112 valence electrons. The van der Waals surface area contributed by atoms with Crippen molar-refractivity contribution in [3.63, 3.8) is 0 Å². The maximum atomic E-state index is 11.8. The van der Waals surface area contributed by atoms with Crippen molar-refractivity contribution in [2.24, 2.45) is 7.05 Å². The van der Waals surface area contributed by atoms with Gasteiger partial charge in [0.2, 0.25) is 0 Å². The van der Waals surface area contributed by atoms with Crippen LogP contribution in [0.2, 0.25) is 0 Å². The number of carbonyl (C=O) groups is 1. The second kappa shape index (κ2) is 5.89. The Kier molecular flexibility index (Phi) is 4.37. The number of carbonyl (C=O) groups excluding carboxylic acids is 1. The molecule has 0 saturated carbocycles. The van der Waals surface area contributed by atoms with Gasteiger partial charge in [-0.15, -0.1) is 0 Å². The number of benzene rings is 1. The summed E-state index contributed by atoms with van der Waals surface area (Å²) in [5, 5.41) is 6.92. The summed E-state index contributed by atoms with van der Waals surface area (Å²) in [6.45, 7) is 5.49. The number of halogens is 1. The zero-order valence-corrected chi connectivity index (χ0v) is 14.1. The molecule has 0 radical (unpaired) electrons. The van der Waals surface area contributed by atoms with Gasteiger partial charge in [-0.2, -0.15) is 5.10 Å². The highest BCUT2D eigenvalue weighted by Gasteiger charge is 2.16. The zero-order valence-electron chi connectivity index (χ0n) is 12.5. The van der Waals surface area contributed by atoms with Gasteiger partial charge in [0, 0.05) is 18.3 Å². The van der Waals surface area contributed by atoms with Crippen molar-refractivity contribution in [1.29, 1.82) is 0 Å². The number of ether oxygens (including phenoxy) is 1. The van der Waals surface area contributed by atoms with Crippen molar-refractivity contribution in [2.45, 2.75) is 26.4 Å². The summed E-state index contributed by atoms with van der Waals surface area (Å²) < 4.78 is 7.92. The minimum atomic E-state index is -0.521. The Morgan fingerprint density at radius 1 is 1.38 bits per heavy atom. The average molecular weight is 352 g/mol. The summed E-state index contributed by atoms with van der Waals surface area (Å²) in [7, 11) is 1.87. The van der Waals surface area contributed by atoms with Crippen LogP contribution in [0.1, 0.15) is 20.8 Å². The standard InChI is InChI=1S/C15H18BrN3O2/c1-15(2,3)21-14(20)18-11-7-5-6-10(8-11)13-12(16)9-17-19(13)4/h5-9H,1-4H3,(H,18,20). The lowest BCUT2D eigenvalue weighted by molar-refractivity contribution is 0.0636. The number of anilines is 1. The highest BCUT2D eigenvalue weighted by Crippen LogP contribution is 2.29. The third-order valence-corrected chi connectivity index (χ3v) is 3.26. The van der Waals surface area contributed by atoms with Crippen molar-refractivity contribution < 1.29 is 9.53 Å². The smallest absolute Gasteiger partial charge is 0.412 e. The molecule has 1 heterocycles. The third kappa shape index (κ3) is 4.07. The van der Waals surface area contributed by atoms with Crippen LogP contribution in [0, 0.1) is 0 Å². The van der Waals surface area contributed by atoms with Gasteiger partial charge < -0.3 is 4.74 Å². The molecular formula is C15H18BrN3O2. The Labute approximate surface area is 132 Å². The predicted octanol–water partition coefficient (Wildman–Crippen LogP) is 4.20. The van der Waals surface area contributed by atoms with E-state index in [1.54, 1.807) is 10.9 Å². The first-order chi connectivity index (χ1) is 9.76. The van der Waals surface area contributed by atoms with E-state index in [1.165, 1.54) is 0 Å². The Bertz CT molecular complexity index is 640. The minimum Gasteiger partial charge on any atom is -0.444 e. The molecule has 6 heteroatoms. The third-order valence-electron chi connectivity index (χ3n) is 2.68. The molecule has 0 bridgehead atoms. The van der Waals surface area contributed by atoms with E-state index < -0.39 is 11.7 Å². The maximum absolute atomic E-state index is 11.8. The number of aryl methyl sites for hydroxylation is 1. The van der Waals surface area contributed by atoms with Gasteiger partial charge in [-0.3, -0.25) is 10.00 Å². The van der Waals surface area contributed by atoms with E-state index in [4.69, 9.17) is 4.74 Å². The van der Waals surface area contributed by atoms with Crippen molar-refractivity contribution >= 4 is 27.7 Å². The molecule has 0 saturated heterocycles. The highest BCUT2D eigenvalue weighted by molar-refractivity contribution is 9.10. The normalized spacial score (nSPS) is 11.3. The van der Waals surface area contributed by atoms with Gasteiger partial charge in [-0.25, -0.2) is 4.79 Å². The van der Waals surface area contributed by atoms with Gasteiger partial charge in [-0.05, 0) is 48.8 Å². The van der Waals surface area contributed by atoms with Gasteiger partial charge in [0.1, 0.15) is 5.60 Å².